The number of benzene rings is 4. The van der Waals surface area contributed by atoms with Gasteiger partial charge < -0.3 is 78.5 Å². The highest BCUT2D eigenvalue weighted by Crippen LogP contribution is 2.37. The van der Waals surface area contributed by atoms with Crippen LogP contribution in [0.3, 0.4) is 0 Å². The highest BCUT2D eigenvalue weighted by Gasteiger charge is 2.36. The quantitative estimate of drug-likeness (QED) is 0.00994. The number of hydrogen-bond donors (Lipinski definition) is 6. The average Bonchev–Trinajstić information content (AvgIpc) is 0.938. The van der Waals surface area contributed by atoms with Gasteiger partial charge in [-0.3, -0.25) is 24.5 Å². The van der Waals surface area contributed by atoms with E-state index in [4.69, 9.17) is 52.5 Å². The summed E-state index contributed by atoms with van der Waals surface area (Å²) in [6.45, 7) is 6.57. The smallest absolute Gasteiger partial charge is 0.497 e. The third-order valence-corrected chi connectivity index (χ3v) is 15.4. The Morgan fingerprint density at radius 3 is 1.69 bits per heavy atom. The SMILES string of the molecule is COc1ccc(C(NCCCC[C@H](NC(=O)COCC(=O)NCCOCCOCCOCCOCCOCCOCCOCCOCCn2cc(CNC(=O)CCCC#Cc3cnc(S(C)(=O)=O)nc3)nn2)C(=O)Nc2ccc(COC(=O)O)cc2)(c2ccccc2)c2ccccc2)cc1. The second kappa shape index (κ2) is 47.3. The molecule has 0 unspecified atom stereocenters. The molecule has 6 N–H and O–H groups in total. The first-order valence-corrected chi connectivity index (χ1v) is 34.8. The van der Waals surface area contributed by atoms with Gasteiger partial charge in [-0.25, -0.2) is 27.9 Å². The van der Waals surface area contributed by atoms with Crippen LogP contribution < -0.4 is 31.3 Å². The maximum Gasteiger partial charge on any atom is 0.506 e. The number of unbranched alkanes of at least 4 members (excludes halogenated alkanes) is 2. The van der Waals surface area contributed by atoms with Crippen molar-refractivity contribution >= 4 is 45.3 Å². The summed E-state index contributed by atoms with van der Waals surface area (Å²) >= 11 is 0. The molecular formula is C70H92N10O19S. The number of hydrogen-bond acceptors (Lipinski definition) is 23. The molecule has 0 aliphatic heterocycles. The van der Waals surface area contributed by atoms with Gasteiger partial charge in [-0.15, -0.1) is 5.10 Å². The predicted molar refractivity (Wildman–Crippen MR) is 366 cm³/mol. The molecular weight excluding hydrogens is 1320 g/mol. The van der Waals surface area contributed by atoms with Gasteiger partial charge in [0, 0.05) is 43.7 Å². The minimum Gasteiger partial charge on any atom is -0.497 e. The summed E-state index contributed by atoms with van der Waals surface area (Å²) in [5, 5.41) is 31.8. The molecule has 29 nitrogen and oxygen atoms in total. The number of carboxylic acid groups (broad SMARTS) is 1. The van der Waals surface area contributed by atoms with Crippen molar-refractivity contribution in [3.63, 3.8) is 0 Å². The van der Waals surface area contributed by atoms with Gasteiger partial charge in [-0.05, 0) is 78.7 Å². The van der Waals surface area contributed by atoms with Crippen LogP contribution in [0, 0.1) is 11.8 Å². The van der Waals surface area contributed by atoms with E-state index in [1.165, 1.54) is 12.4 Å². The average molecular weight is 1410 g/mol. The van der Waals surface area contributed by atoms with Crippen molar-refractivity contribution in [2.45, 2.75) is 75.0 Å². The Morgan fingerprint density at radius 2 is 1.14 bits per heavy atom. The van der Waals surface area contributed by atoms with E-state index in [2.05, 4.69) is 87.7 Å². The third kappa shape index (κ3) is 32.0. The molecule has 4 aromatic carbocycles. The monoisotopic (exact) mass is 1410 g/mol. The zero-order valence-corrected chi connectivity index (χ0v) is 57.5. The van der Waals surface area contributed by atoms with Gasteiger partial charge in [-0.1, -0.05) is 102 Å². The zero-order chi connectivity index (χ0) is 71.1. The number of ether oxygens (including phenoxy) is 11. The van der Waals surface area contributed by atoms with E-state index in [0.717, 1.165) is 28.7 Å². The molecule has 0 radical (unpaired) electrons. The van der Waals surface area contributed by atoms with E-state index in [9.17, 15) is 32.4 Å². The highest BCUT2D eigenvalue weighted by atomic mass is 32.2. The van der Waals surface area contributed by atoms with Crippen LogP contribution in [0.2, 0.25) is 0 Å². The maximum absolute atomic E-state index is 13.8. The van der Waals surface area contributed by atoms with Crippen molar-refractivity contribution < 1.29 is 89.6 Å². The van der Waals surface area contributed by atoms with E-state index < -0.39 is 58.5 Å². The van der Waals surface area contributed by atoms with Crippen LogP contribution in [0.1, 0.15) is 72.0 Å². The van der Waals surface area contributed by atoms with Crippen LogP contribution in [0.5, 0.6) is 5.75 Å². The molecule has 2 heterocycles. The molecule has 0 saturated carbocycles. The zero-order valence-electron chi connectivity index (χ0n) is 56.6. The number of amides is 4. The molecule has 0 spiro atoms. The molecule has 0 saturated heterocycles. The molecule has 2 aromatic heterocycles. The minimum absolute atomic E-state index is 0.137. The molecule has 0 bridgehead atoms. The molecule has 542 valence electrons. The maximum atomic E-state index is 13.8. The van der Waals surface area contributed by atoms with Crippen LogP contribution in [0.4, 0.5) is 10.5 Å². The minimum atomic E-state index is -3.47. The number of carbonyl (C=O) groups excluding carboxylic acids is 4. The Hall–Kier alpha value is -8.84. The van der Waals surface area contributed by atoms with Crippen molar-refractivity contribution in [1.29, 1.82) is 0 Å². The number of nitrogens with zero attached hydrogens (tertiary/aromatic N) is 5. The van der Waals surface area contributed by atoms with E-state index in [1.807, 2.05) is 60.7 Å². The van der Waals surface area contributed by atoms with E-state index in [0.29, 0.717) is 160 Å². The lowest BCUT2D eigenvalue weighted by atomic mass is 9.77. The molecule has 1 atom stereocenters. The fourth-order valence-electron chi connectivity index (χ4n) is 9.57. The van der Waals surface area contributed by atoms with E-state index in [1.54, 1.807) is 42.3 Å². The summed E-state index contributed by atoms with van der Waals surface area (Å²) in [4.78, 5) is 70.3. The highest BCUT2D eigenvalue weighted by molar-refractivity contribution is 7.90. The number of methoxy groups -OCH3 is 1. The second-order valence-electron chi connectivity index (χ2n) is 22.2. The number of rotatable bonds is 52. The van der Waals surface area contributed by atoms with Gasteiger partial charge in [0.2, 0.25) is 38.6 Å². The molecule has 0 aliphatic rings. The van der Waals surface area contributed by atoms with Crippen molar-refractivity contribution in [1.82, 2.24) is 46.2 Å². The number of carbonyl (C=O) groups is 5. The lowest BCUT2D eigenvalue weighted by Gasteiger charge is -2.37. The summed E-state index contributed by atoms with van der Waals surface area (Å²) in [6.07, 6.45) is 6.81. The molecule has 6 rings (SSSR count). The summed E-state index contributed by atoms with van der Waals surface area (Å²) in [7, 11) is -1.84. The second-order valence-corrected chi connectivity index (χ2v) is 24.1. The van der Waals surface area contributed by atoms with Crippen LogP contribution >= 0.6 is 0 Å². The number of sulfone groups is 1. The molecule has 0 fully saturated rings. The van der Waals surface area contributed by atoms with E-state index >= 15 is 0 Å². The Balaban J connectivity index is 0.715. The van der Waals surface area contributed by atoms with Crippen LogP contribution in [-0.4, -0.2) is 220 Å². The molecule has 30 heteroatoms. The fourth-order valence-corrected chi connectivity index (χ4v) is 10.1. The van der Waals surface area contributed by atoms with E-state index in [-0.39, 0.29) is 50.2 Å². The lowest BCUT2D eigenvalue weighted by Crippen LogP contribution is -2.46. The predicted octanol–water partition coefficient (Wildman–Crippen LogP) is 4.65. The normalized spacial score (nSPS) is 11.7. The Kier molecular flexibility index (Phi) is 37.9. The van der Waals surface area contributed by atoms with Gasteiger partial charge in [0.25, 0.3) is 0 Å². The fraction of sp³-hybridized carbons (Fsp3) is 0.471. The number of aromatic nitrogens is 5. The van der Waals surface area contributed by atoms with Crippen LogP contribution in [0.25, 0.3) is 0 Å². The Morgan fingerprint density at radius 1 is 0.600 bits per heavy atom. The number of nitrogens with one attached hydrogen (secondary N) is 5. The Labute approximate surface area is 583 Å². The first-order valence-electron chi connectivity index (χ1n) is 32.9. The Bertz CT molecular complexity index is 3450. The topological polar surface area (TPSA) is 358 Å². The summed E-state index contributed by atoms with van der Waals surface area (Å²) < 4.78 is 84.6. The van der Waals surface area contributed by atoms with Crippen molar-refractivity contribution in [3.8, 4) is 17.6 Å². The summed E-state index contributed by atoms with van der Waals surface area (Å²) in [5.74, 6) is 4.87. The molecule has 100 heavy (non-hydrogen) atoms. The molecule has 0 aliphatic carbocycles. The number of anilines is 1. The lowest BCUT2D eigenvalue weighted by molar-refractivity contribution is -0.133. The molecule has 6 aromatic rings. The van der Waals surface area contributed by atoms with Crippen molar-refractivity contribution in [3.05, 3.63) is 161 Å². The van der Waals surface area contributed by atoms with Crippen molar-refractivity contribution in [2.24, 2.45) is 0 Å². The first kappa shape index (κ1) is 80.1. The van der Waals surface area contributed by atoms with Gasteiger partial charge in [0.05, 0.1) is 143 Å². The van der Waals surface area contributed by atoms with Gasteiger partial charge in [-0.2, -0.15) is 0 Å². The van der Waals surface area contributed by atoms with Crippen LogP contribution in [0.15, 0.2) is 133 Å². The largest absolute Gasteiger partial charge is 0.506 e. The van der Waals surface area contributed by atoms with Crippen LogP contribution in [-0.2, 0) is 102 Å². The standard InChI is InChI=1S/C70H92N10O19S/c1-89-62-27-23-59(24-28-62)70(57-15-7-4-8-16-57,58-17-9-5-10-18-58)75-29-13-12-19-63(67(84)76-60-25-21-55(22-26-60)52-99-69(85)86)77-66(83)54-98-53-65(82)71-30-32-90-34-36-92-38-40-94-42-44-96-46-47-97-45-43-95-41-39-93-37-35-91-33-31-80-51-61(78-79-80)50-72-64(81)20-11-3-6-14-56-48-73-68(74-49-56)100(2,87)88/h4-5,7-10,15-18,21-28,48-49,51,63,75H,3,11-13,19-20,29-47,50,52-54H2,1-2H3,(H,71,82)(H,72,81)(H,76,84)(H,77,83)(H,85,86)/t63-/m0/s1. The van der Waals surface area contributed by atoms with Gasteiger partial charge in [0.15, 0.2) is 0 Å². The van der Waals surface area contributed by atoms with Gasteiger partial charge >= 0.3 is 6.16 Å². The third-order valence-electron chi connectivity index (χ3n) is 14.5. The molecule has 4 amide bonds. The summed E-state index contributed by atoms with van der Waals surface area (Å²) in [6, 6.07) is 33.8. The summed E-state index contributed by atoms with van der Waals surface area (Å²) in [5.41, 5.74) is 4.46. The van der Waals surface area contributed by atoms with Gasteiger partial charge in [0.1, 0.15) is 37.3 Å². The first-order chi connectivity index (χ1) is 48.7. The van der Waals surface area contributed by atoms with Crippen molar-refractivity contribution in [2.75, 3.05) is 151 Å².